The van der Waals surface area contributed by atoms with Crippen molar-refractivity contribution in [3.05, 3.63) is 76.9 Å². The first-order valence-corrected chi connectivity index (χ1v) is 8.06. The Bertz CT molecular complexity index is 646. The predicted molar refractivity (Wildman–Crippen MR) is 91.7 cm³/mol. The van der Waals surface area contributed by atoms with Gasteiger partial charge in [0.05, 0.1) is 0 Å². The third kappa shape index (κ3) is 2.81. The SMILES string of the molecule is C=C1c2ccc(CC)cc2CCCC1c1ccc(C)cc1. The van der Waals surface area contributed by atoms with Crippen LogP contribution in [0.5, 0.6) is 0 Å². The topological polar surface area (TPSA) is 0 Å². The van der Waals surface area contributed by atoms with Crippen LogP contribution in [-0.4, -0.2) is 0 Å². The molecule has 3 rings (SSSR count). The molecule has 0 heterocycles. The fourth-order valence-electron chi connectivity index (χ4n) is 3.41. The van der Waals surface area contributed by atoms with Gasteiger partial charge >= 0.3 is 0 Å². The molecule has 0 spiro atoms. The molecule has 0 amide bonds. The van der Waals surface area contributed by atoms with E-state index in [4.69, 9.17) is 0 Å². The van der Waals surface area contributed by atoms with E-state index >= 15 is 0 Å². The van der Waals surface area contributed by atoms with Crippen LogP contribution in [0.4, 0.5) is 0 Å². The Morgan fingerprint density at radius 3 is 2.57 bits per heavy atom. The molecule has 0 heteroatoms. The molecule has 0 radical (unpaired) electrons. The smallest absolute Gasteiger partial charge is 0.00896 e. The summed E-state index contributed by atoms with van der Waals surface area (Å²) < 4.78 is 0. The van der Waals surface area contributed by atoms with E-state index in [0.29, 0.717) is 5.92 Å². The highest BCUT2D eigenvalue weighted by Crippen LogP contribution is 2.39. The number of fused-ring (bicyclic) bond motifs is 1. The van der Waals surface area contributed by atoms with E-state index in [1.807, 2.05) is 0 Å². The van der Waals surface area contributed by atoms with Gasteiger partial charge in [0.1, 0.15) is 0 Å². The van der Waals surface area contributed by atoms with Crippen molar-refractivity contribution in [3.8, 4) is 0 Å². The average Bonchev–Trinajstić information content (AvgIpc) is 2.67. The Balaban J connectivity index is 1.98. The molecule has 0 aliphatic heterocycles. The lowest BCUT2D eigenvalue weighted by atomic mass is 9.85. The average molecular weight is 276 g/mol. The number of benzene rings is 2. The van der Waals surface area contributed by atoms with Crippen molar-refractivity contribution in [1.82, 2.24) is 0 Å². The Morgan fingerprint density at radius 2 is 1.86 bits per heavy atom. The molecule has 108 valence electrons. The van der Waals surface area contributed by atoms with Crippen molar-refractivity contribution in [3.63, 3.8) is 0 Å². The van der Waals surface area contributed by atoms with Gasteiger partial charge in [0, 0.05) is 5.92 Å². The van der Waals surface area contributed by atoms with E-state index in [9.17, 15) is 0 Å². The van der Waals surface area contributed by atoms with E-state index in [1.54, 1.807) is 0 Å². The summed E-state index contributed by atoms with van der Waals surface area (Å²) in [5.74, 6) is 0.472. The number of hydrogen-bond donors (Lipinski definition) is 0. The molecule has 21 heavy (non-hydrogen) atoms. The lowest BCUT2D eigenvalue weighted by Crippen LogP contribution is -2.00. The Kier molecular flexibility index (Phi) is 3.96. The Hall–Kier alpha value is -1.82. The van der Waals surface area contributed by atoms with Crippen LogP contribution in [0.1, 0.15) is 53.5 Å². The molecule has 0 bridgehead atoms. The summed E-state index contributed by atoms with van der Waals surface area (Å²) in [5.41, 5.74) is 8.36. The molecule has 2 aromatic rings. The molecule has 2 aromatic carbocycles. The second-order valence-corrected chi connectivity index (χ2v) is 6.23. The predicted octanol–water partition coefficient (Wildman–Crippen LogP) is 5.69. The summed E-state index contributed by atoms with van der Waals surface area (Å²) in [7, 11) is 0. The molecular weight excluding hydrogens is 252 g/mol. The van der Waals surface area contributed by atoms with Crippen LogP contribution in [0.3, 0.4) is 0 Å². The molecule has 0 saturated heterocycles. The van der Waals surface area contributed by atoms with E-state index in [1.165, 1.54) is 52.7 Å². The fraction of sp³-hybridized carbons (Fsp3) is 0.333. The number of allylic oxidation sites excluding steroid dienone is 1. The van der Waals surface area contributed by atoms with Gasteiger partial charge in [-0.2, -0.15) is 0 Å². The Labute approximate surface area is 128 Å². The molecule has 1 unspecified atom stereocenters. The van der Waals surface area contributed by atoms with Crippen molar-refractivity contribution in [1.29, 1.82) is 0 Å². The maximum absolute atomic E-state index is 4.45. The molecule has 1 atom stereocenters. The zero-order chi connectivity index (χ0) is 14.8. The molecule has 0 nitrogen and oxygen atoms in total. The molecule has 0 saturated carbocycles. The van der Waals surface area contributed by atoms with Crippen LogP contribution < -0.4 is 0 Å². The minimum absolute atomic E-state index is 0.472. The van der Waals surface area contributed by atoms with E-state index in [-0.39, 0.29) is 0 Å². The first-order chi connectivity index (χ1) is 10.2. The quantitative estimate of drug-likeness (QED) is 0.618. The monoisotopic (exact) mass is 276 g/mol. The number of hydrogen-bond acceptors (Lipinski definition) is 0. The minimum atomic E-state index is 0.472. The van der Waals surface area contributed by atoms with Crippen molar-refractivity contribution in [2.45, 2.75) is 45.4 Å². The Morgan fingerprint density at radius 1 is 1.10 bits per heavy atom. The minimum Gasteiger partial charge on any atom is -0.0946 e. The summed E-state index contributed by atoms with van der Waals surface area (Å²) in [4.78, 5) is 0. The number of aryl methyl sites for hydroxylation is 3. The zero-order valence-electron chi connectivity index (χ0n) is 13.2. The van der Waals surface area contributed by atoms with Crippen molar-refractivity contribution in [2.75, 3.05) is 0 Å². The lowest BCUT2D eigenvalue weighted by Gasteiger charge is -2.19. The normalized spacial score (nSPS) is 18.2. The van der Waals surface area contributed by atoms with Gasteiger partial charge in [0.2, 0.25) is 0 Å². The first kappa shape index (κ1) is 14.1. The van der Waals surface area contributed by atoms with Crippen LogP contribution in [0.25, 0.3) is 5.57 Å². The maximum atomic E-state index is 4.45. The summed E-state index contributed by atoms with van der Waals surface area (Å²) in [5, 5.41) is 0. The molecule has 0 N–H and O–H groups in total. The van der Waals surface area contributed by atoms with Gasteiger partial charge < -0.3 is 0 Å². The van der Waals surface area contributed by atoms with E-state index in [0.717, 1.165) is 6.42 Å². The van der Waals surface area contributed by atoms with Gasteiger partial charge in [-0.25, -0.2) is 0 Å². The fourth-order valence-corrected chi connectivity index (χ4v) is 3.41. The number of rotatable bonds is 2. The highest BCUT2D eigenvalue weighted by molar-refractivity contribution is 5.73. The maximum Gasteiger partial charge on any atom is 0.00896 e. The van der Waals surface area contributed by atoms with Crippen molar-refractivity contribution < 1.29 is 0 Å². The van der Waals surface area contributed by atoms with Crippen LogP contribution in [0, 0.1) is 6.92 Å². The van der Waals surface area contributed by atoms with E-state index < -0.39 is 0 Å². The molecule has 0 fully saturated rings. The van der Waals surface area contributed by atoms with Gasteiger partial charge in [0.25, 0.3) is 0 Å². The van der Waals surface area contributed by atoms with Crippen LogP contribution in [-0.2, 0) is 12.8 Å². The summed E-state index contributed by atoms with van der Waals surface area (Å²) in [6.07, 6.45) is 4.75. The highest BCUT2D eigenvalue weighted by Gasteiger charge is 2.22. The van der Waals surface area contributed by atoms with Gasteiger partial charge in [-0.1, -0.05) is 61.5 Å². The summed E-state index contributed by atoms with van der Waals surface area (Å²) >= 11 is 0. The summed E-state index contributed by atoms with van der Waals surface area (Å²) in [6.45, 7) is 8.82. The molecule has 1 aliphatic rings. The zero-order valence-corrected chi connectivity index (χ0v) is 13.2. The second kappa shape index (κ2) is 5.89. The standard InChI is InChI=1S/C21H24/c1-4-17-10-13-21-16(3)20(7-5-6-19(21)14-17)18-11-8-15(2)9-12-18/h8-14,20H,3-7H2,1-2H3. The molecule has 1 aliphatic carbocycles. The van der Waals surface area contributed by atoms with Gasteiger partial charge in [-0.05, 0) is 60.4 Å². The van der Waals surface area contributed by atoms with E-state index in [2.05, 4.69) is 62.9 Å². The third-order valence-corrected chi connectivity index (χ3v) is 4.76. The van der Waals surface area contributed by atoms with Gasteiger partial charge in [0.15, 0.2) is 0 Å². The summed E-state index contributed by atoms with van der Waals surface area (Å²) in [6, 6.07) is 15.9. The van der Waals surface area contributed by atoms with Gasteiger partial charge in [-0.15, -0.1) is 0 Å². The van der Waals surface area contributed by atoms with Crippen LogP contribution in [0.15, 0.2) is 49.0 Å². The van der Waals surface area contributed by atoms with Crippen molar-refractivity contribution in [2.24, 2.45) is 0 Å². The van der Waals surface area contributed by atoms with Crippen molar-refractivity contribution >= 4 is 5.57 Å². The van der Waals surface area contributed by atoms with Gasteiger partial charge in [-0.3, -0.25) is 0 Å². The largest absolute Gasteiger partial charge is 0.0946 e. The second-order valence-electron chi connectivity index (χ2n) is 6.23. The van der Waals surface area contributed by atoms with Crippen LogP contribution in [0.2, 0.25) is 0 Å². The third-order valence-electron chi connectivity index (χ3n) is 4.76. The molecular formula is C21H24. The van der Waals surface area contributed by atoms with Crippen LogP contribution >= 0.6 is 0 Å². The molecule has 0 aromatic heterocycles. The first-order valence-electron chi connectivity index (χ1n) is 8.06. The highest BCUT2D eigenvalue weighted by atomic mass is 14.3. The lowest BCUT2D eigenvalue weighted by molar-refractivity contribution is 0.702.